The smallest absolute Gasteiger partial charge is 0.237 e. The van der Waals surface area contributed by atoms with Gasteiger partial charge in [0.05, 0.1) is 6.04 Å². The molecule has 1 aliphatic rings. The molecule has 0 spiro atoms. The van der Waals surface area contributed by atoms with Crippen molar-refractivity contribution in [1.29, 1.82) is 0 Å². The van der Waals surface area contributed by atoms with Crippen LogP contribution in [-0.2, 0) is 11.2 Å². The number of rotatable bonds is 4. The van der Waals surface area contributed by atoms with Crippen LogP contribution in [0.3, 0.4) is 0 Å². The third kappa shape index (κ3) is 3.42. The van der Waals surface area contributed by atoms with Gasteiger partial charge in [0.2, 0.25) is 5.91 Å². The van der Waals surface area contributed by atoms with E-state index in [2.05, 4.69) is 12.2 Å². The molecule has 2 unspecified atom stereocenters. The molecule has 0 aromatic heterocycles. The second kappa shape index (κ2) is 6.13. The Morgan fingerprint density at radius 1 is 1.40 bits per heavy atom. The number of carbonyl (C=O) groups is 1. The van der Waals surface area contributed by atoms with Crippen LogP contribution in [0, 0.1) is 5.92 Å². The van der Waals surface area contributed by atoms with Crippen molar-refractivity contribution in [2.45, 2.75) is 44.7 Å². The van der Waals surface area contributed by atoms with E-state index in [1.807, 2.05) is 0 Å². The minimum absolute atomic E-state index is 0.156. The lowest BCUT2D eigenvalue weighted by atomic mass is 10.0. The second-order valence-corrected chi connectivity index (χ2v) is 5.66. The highest BCUT2D eigenvalue weighted by molar-refractivity contribution is 5.82. The summed E-state index contributed by atoms with van der Waals surface area (Å²) in [7, 11) is 0. The molecule has 2 rings (SSSR count). The molecular formula is C15H22N2O3. The average Bonchev–Trinajstić information content (AvgIpc) is 2.79. The zero-order valence-corrected chi connectivity index (χ0v) is 11.7. The molecule has 0 heterocycles. The number of aromatic hydroxyl groups is 2. The Kier molecular flexibility index (Phi) is 4.49. The summed E-state index contributed by atoms with van der Waals surface area (Å²) in [5.74, 6) is -0.0220. The SMILES string of the molecule is CC1CCCC1NC(=O)[C@@H](N)Cc1ccc(O)c(O)c1. The van der Waals surface area contributed by atoms with Crippen LogP contribution in [0.15, 0.2) is 18.2 Å². The van der Waals surface area contributed by atoms with Crippen LogP contribution in [0.4, 0.5) is 0 Å². The number of hydrogen-bond donors (Lipinski definition) is 4. The highest BCUT2D eigenvalue weighted by atomic mass is 16.3. The molecule has 0 bridgehead atoms. The zero-order chi connectivity index (χ0) is 14.7. The van der Waals surface area contributed by atoms with Crippen molar-refractivity contribution in [3.05, 3.63) is 23.8 Å². The first kappa shape index (κ1) is 14.7. The summed E-state index contributed by atoms with van der Waals surface area (Å²) in [4.78, 5) is 12.1. The molecule has 1 aromatic rings. The lowest BCUT2D eigenvalue weighted by Gasteiger charge is -2.20. The number of nitrogens with one attached hydrogen (secondary N) is 1. The maximum absolute atomic E-state index is 12.1. The Morgan fingerprint density at radius 2 is 2.15 bits per heavy atom. The van der Waals surface area contributed by atoms with Gasteiger partial charge in [0, 0.05) is 6.04 Å². The molecule has 5 heteroatoms. The van der Waals surface area contributed by atoms with Gasteiger partial charge in [0.1, 0.15) is 0 Å². The average molecular weight is 278 g/mol. The lowest BCUT2D eigenvalue weighted by Crippen LogP contribution is -2.47. The van der Waals surface area contributed by atoms with Crippen molar-refractivity contribution in [1.82, 2.24) is 5.32 Å². The van der Waals surface area contributed by atoms with E-state index in [1.54, 1.807) is 6.07 Å². The van der Waals surface area contributed by atoms with E-state index in [0.29, 0.717) is 12.3 Å². The highest BCUT2D eigenvalue weighted by Gasteiger charge is 2.26. The zero-order valence-electron chi connectivity index (χ0n) is 11.7. The van der Waals surface area contributed by atoms with Gasteiger partial charge in [-0.25, -0.2) is 0 Å². The number of nitrogens with two attached hydrogens (primary N) is 1. The number of amides is 1. The fourth-order valence-corrected chi connectivity index (χ4v) is 2.69. The molecule has 110 valence electrons. The predicted octanol–water partition coefficient (Wildman–Crippen LogP) is 1.27. The number of benzene rings is 1. The van der Waals surface area contributed by atoms with Gasteiger partial charge < -0.3 is 21.3 Å². The quantitative estimate of drug-likeness (QED) is 0.624. The molecule has 3 atom stereocenters. The highest BCUT2D eigenvalue weighted by Crippen LogP contribution is 2.26. The van der Waals surface area contributed by atoms with Crippen molar-refractivity contribution in [3.8, 4) is 11.5 Å². The predicted molar refractivity (Wildman–Crippen MR) is 76.4 cm³/mol. The Labute approximate surface area is 118 Å². The van der Waals surface area contributed by atoms with Crippen LogP contribution < -0.4 is 11.1 Å². The fourth-order valence-electron chi connectivity index (χ4n) is 2.69. The van der Waals surface area contributed by atoms with E-state index in [4.69, 9.17) is 5.73 Å². The summed E-state index contributed by atoms with van der Waals surface area (Å²) in [6.07, 6.45) is 3.64. The molecule has 0 radical (unpaired) electrons. The van der Waals surface area contributed by atoms with E-state index < -0.39 is 6.04 Å². The summed E-state index contributed by atoms with van der Waals surface area (Å²) >= 11 is 0. The topological polar surface area (TPSA) is 95.6 Å². The van der Waals surface area contributed by atoms with Crippen molar-refractivity contribution in [2.75, 3.05) is 0 Å². The molecule has 0 saturated heterocycles. The van der Waals surface area contributed by atoms with Gasteiger partial charge in [-0.1, -0.05) is 19.4 Å². The van der Waals surface area contributed by atoms with Gasteiger partial charge >= 0.3 is 0 Å². The van der Waals surface area contributed by atoms with Crippen molar-refractivity contribution >= 4 is 5.91 Å². The minimum atomic E-state index is -0.647. The third-order valence-corrected chi connectivity index (χ3v) is 4.02. The monoisotopic (exact) mass is 278 g/mol. The molecule has 1 fully saturated rings. The molecule has 5 nitrogen and oxygen atoms in total. The molecule has 0 aliphatic heterocycles. The van der Waals surface area contributed by atoms with E-state index >= 15 is 0 Å². The lowest BCUT2D eigenvalue weighted by molar-refractivity contribution is -0.123. The molecule has 20 heavy (non-hydrogen) atoms. The van der Waals surface area contributed by atoms with E-state index in [-0.39, 0.29) is 23.4 Å². The van der Waals surface area contributed by atoms with E-state index in [9.17, 15) is 15.0 Å². The fraction of sp³-hybridized carbons (Fsp3) is 0.533. The van der Waals surface area contributed by atoms with Gasteiger partial charge in [-0.05, 0) is 42.9 Å². The standard InChI is InChI=1S/C15H22N2O3/c1-9-3-2-4-12(9)17-15(20)11(16)7-10-5-6-13(18)14(19)8-10/h5-6,8-9,11-12,18-19H,2-4,7,16H2,1H3,(H,17,20)/t9?,11-,12?/m0/s1. The molecule has 1 saturated carbocycles. The maximum atomic E-state index is 12.1. The summed E-state index contributed by atoms with van der Waals surface area (Å²) in [5, 5.41) is 21.7. The first-order valence-electron chi connectivity index (χ1n) is 7.04. The number of carbonyl (C=O) groups excluding carboxylic acids is 1. The van der Waals surface area contributed by atoms with E-state index in [0.717, 1.165) is 24.8 Å². The van der Waals surface area contributed by atoms with Crippen molar-refractivity contribution in [3.63, 3.8) is 0 Å². The van der Waals surface area contributed by atoms with Gasteiger partial charge in [-0.3, -0.25) is 4.79 Å². The Hall–Kier alpha value is -1.75. The number of hydrogen-bond acceptors (Lipinski definition) is 4. The van der Waals surface area contributed by atoms with E-state index in [1.165, 1.54) is 12.1 Å². The van der Waals surface area contributed by atoms with Gasteiger partial charge in [-0.2, -0.15) is 0 Å². The van der Waals surface area contributed by atoms with Gasteiger partial charge in [0.15, 0.2) is 11.5 Å². The van der Waals surface area contributed by atoms with Crippen molar-refractivity contribution in [2.24, 2.45) is 11.7 Å². The Morgan fingerprint density at radius 3 is 2.75 bits per heavy atom. The molecular weight excluding hydrogens is 256 g/mol. The molecule has 1 aliphatic carbocycles. The number of phenols is 2. The van der Waals surface area contributed by atoms with Crippen LogP contribution in [0.5, 0.6) is 11.5 Å². The van der Waals surface area contributed by atoms with Gasteiger partial charge in [0.25, 0.3) is 0 Å². The molecule has 1 aromatic carbocycles. The summed E-state index contributed by atoms with van der Waals surface area (Å²) < 4.78 is 0. The van der Waals surface area contributed by atoms with Crippen LogP contribution >= 0.6 is 0 Å². The summed E-state index contributed by atoms with van der Waals surface area (Å²) in [6, 6.07) is 4.06. The maximum Gasteiger partial charge on any atom is 0.237 e. The van der Waals surface area contributed by atoms with Crippen LogP contribution in [0.25, 0.3) is 0 Å². The normalized spacial score (nSPS) is 23.5. The molecule has 1 amide bonds. The van der Waals surface area contributed by atoms with Crippen LogP contribution in [0.1, 0.15) is 31.7 Å². The number of phenolic OH excluding ortho intramolecular Hbond substituents is 2. The van der Waals surface area contributed by atoms with Crippen LogP contribution in [0.2, 0.25) is 0 Å². The second-order valence-electron chi connectivity index (χ2n) is 5.66. The minimum Gasteiger partial charge on any atom is -0.504 e. The molecule has 5 N–H and O–H groups in total. The van der Waals surface area contributed by atoms with Gasteiger partial charge in [-0.15, -0.1) is 0 Å². The summed E-state index contributed by atoms with van der Waals surface area (Å²) in [5.41, 5.74) is 6.63. The Balaban J connectivity index is 1.91. The van der Waals surface area contributed by atoms with Crippen molar-refractivity contribution < 1.29 is 15.0 Å². The summed E-state index contributed by atoms with van der Waals surface area (Å²) in [6.45, 7) is 2.14. The first-order valence-corrected chi connectivity index (χ1v) is 7.04. The first-order chi connectivity index (χ1) is 9.47. The Bertz CT molecular complexity index is 490. The van der Waals surface area contributed by atoms with Crippen LogP contribution in [-0.4, -0.2) is 28.2 Å². The largest absolute Gasteiger partial charge is 0.504 e. The third-order valence-electron chi connectivity index (χ3n) is 4.02.